The Balaban J connectivity index is 1.91. The second kappa shape index (κ2) is 5.84. The number of nitrogens with zero attached hydrogens (tertiary/aromatic N) is 3. The van der Waals surface area contributed by atoms with Gasteiger partial charge in [-0.3, -0.25) is 14.2 Å². The Labute approximate surface area is 144 Å². The zero-order chi connectivity index (χ0) is 16.8. The van der Waals surface area contributed by atoms with Crippen molar-refractivity contribution in [3.63, 3.8) is 0 Å². The van der Waals surface area contributed by atoms with Crippen LogP contribution < -0.4 is 5.56 Å². The second-order valence-electron chi connectivity index (χ2n) is 6.83. The van der Waals surface area contributed by atoms with Crippen LogP contribution in [0.4, 0.5) is 0 Å². The van der Waals surface area contributed by atoms with E-state index in [0.29, 0.717) is 11.8 Å². The first-order valence-electron chi connectivity index (χ1n) is 8.53. The molecule has 5 nitrogen and oxygen atoms in total. The molecule has 24 heavy (non-hydrogen) atoms. The Kier molecular flexibility index (Phi) is 3.79. The van der Waals surface area contributed by atoms with E-state index >= 15 is 0 Å². The van der Waals surface area contributed by atoms with E-state index in [-0.39, 0.29) is 11.3 Å². The first kappa shape index (κ1) is 15.6. The van der Waals surface area contributed by atoms with E-state index < -0.39 is 0 Å². The molecule has 2 aliphatic rings. The topological polar surface area (TPSA) is 55.2 Å². The molecule has 1 aliphatic carbocycles. The molecular weight excluding hydrogens is 322 g/mol. The van der Waals surface area contributed by atoms with Crippen LogP contribution in [0.25, 0.3) is 10.2 Å². The lowest BCUT2D eigenvalue weighted by molar-refractivity contribution is 0.102. The second-order valence-corrected chi connectivity index (χ2v) is 7.83. The van der Waals surface area contributed by atoms with Crippen LogP contribution in [0, 0.1) is 0 Å². The molecule has 0 spiro atoms. The Hall–Kier alpha value is -1.95. The molecule has 2 aromatic heterocycles. The van der Waals surface area contributed by atoms with Crippen molar-refractivity contribution in [1.82, 2.24) is 14.5 Å². The number of hydrogen-bond donors (Lipinski definition) is 0. The molecule has 0 saturated heterocycles. The average molecular weight is 343 g/mol. The summed E-state index contributed by atoms with van der Waals surface area (Å²) in [6.07, 6.45) is 7.44. The molecule has 0 bridgehead atoms. The third-order valence-electron chi connectivity index (χ3n) is 4.83. The number of aryl methyl sites for hydroxylation is 2. The summed E-state index contributed by atoms with van der Waals surface area (Å²) < 4.78 is 1.85. The SMILES string of the molecule is CN(C)C=C1CCc2c(sc3nc4n(c(=O)c23)CCCCC4)C1=O. The third-order valence-corrected chi connectivity index (χ3v) is 5.95. The fraction of sp³-hybridized carbons (Fsp3) is 0.500. The van der Waals surface area contributed by atoms with Gasteiger partial charge in [0.25, 0.3) is 5.56 Å². The zero-order valence-electron chi connectivity index (χ0n) is 14.1. The normalized spacial score (nSPS) is 19.2. The van der Waals surface area contributed by atoms with Crippen LogP contribution in [0.5, 0.6) is 0 Å². The third kappa shape index (κ3) is 2.40. The van der Waals surface area contributed by atoms with E-state index in [0.717, 1.165) is 65.3 Å². The molecule has 0 amide bonds. The van der Waals surface area contributed by atoms with Gasteiger partial charge in [-0.25, -0.2) is 4.98 Å². The van der Waals surface area contributed by atoms with Crippen molar-refractivity contribution in [2.75, 3.05) is 14.1 Å². The van der Waals surface area contributed by atoms with E-state index in [1.54, 1.807) is 0 Å². The molecule has 0 N–H and O–H groups in total. The Morgan fingerprint density at radius 1 is 1.12 bits per heavy atom. The zero-order valence-corrected chi connectivity index (χ0v) is 14.9. The van der Waals surface area contributed by atoms with Crippen molar-refractivity contribution >= 4 is 27.3 Å². The van der Waals surface area contributed by atoms with E-state index in [1.807, 2.05) is 29.8 Å². The molecular formula is C18H21N3O2S. The van der Waals surface area contributed by atoms with Crippen LogP contribution in [0.1, 0.15) is 46.7 Å². The van der Waals surface area contributed by atoms with Gasteiger partial charge in [-0.15, -0.1) is 11.3 Å². The summed E-state index contributed by atoms with van der Waals surface area (Å²) >= 11 is 1.40. The quantitative estimate of drug-likeness (QED) is 0.747. The fourth-order valence-electron chi connectivity index (χ4n) is 3.71. The summed E-state index contributed by atoms with van der Waals surface area (Å²) in [6.45, 7) is 0.751. The number of carbonyl (C=O) groups excluding carboxylic acids is 1. The van der Waals surface area contributed by atoms with Crippen LogP contribution in [-0.4, -0.2) is 34.3 Å². The molecule has 0 saturated carbocycles. The number of ketones is 1. The Bertz CT molecular complexity index is 920. The smallest absolute Gasteiger partial charge is 0.262 e. The lowest BCUT2D eigenvalue weighted by Crippen LogP contribution is -2.25. The van der Waals surface area contributed by atoms with Gasteiger partial charge in [0.15, 0.2) is 0 Å². The molecule has 0 radical (unpaired) electrons. The molecule has 0 fully saturated rings. The van der Waals surface area contributed by atoms with Gasteiger partial charge in [0.05, 0.1) is 10.3 Å². The standard InChI is InChI=1S/C18H21N3O2S/c1-20(2)10-11-7-8-12-14-17(24-16(12)15(11)22)19-13-6-4-3-5-9-21(13)18(14)23/h10H,3-9H2,1-2H3. The number of fused-ring (bicyclic) bond motifs is 4. The molecule has 1 aliphatic heterocycles. The maximum atomic E-state index is 13.0. The molecule has 3 heterocycles. The summed E-state index contributed by atoms with van der Waals surface area (Å²) in [5.74, 6) is 0.952. The summed E-state index contributed by atoms with van der Waals surface area (Å²) in [5.41, 5.74) is 1.80. The monoisotopic (exact) mass is 343 g/mol. The maximum absolute atomic E-state index is 13.0. The van der Waals surface area contributed by atoms with E-state index in [2.05, 4.69) is 0 Å². The molecule has 4 rings (SSSR count). The maximum Gasteiger partial charge on any atom is 0.262 e. The number of carbonyl (C=O) groups is 1. The Morgan fingerprint density at radius 2 is 1.96 bits per heavy atom. The minimum absolute atomic E-state index is 0.0576. The molecule has 0 aromatic carbocycles. The highest BCUT2D eigenvalue weighted by Gasteiger charge is 2.29. The van der Waals surface area contributed by atoms with Gasteiger partial charge in [-0.1, -0.05) is 6.42 Å². The number of hydrogen-bond acceptors (Lipinski definition) is 5. The molecule has 6 heteroatoms. The van der Waals surface area contributed by atoms with Gasteiger partial charge in [0, 0.05) is 38.8 Å². The van der Waals surface area contributed by atoms with Crippen LogP contribution in [-0.2, 0) is 19.4 Å². The van der Waals surface area contributed by atoms with E-state index in [9.17, 15) is 9.59 Å². The van der Waals surface area contributed by atoms with Crippen molar-refractivity contribution in [2.24, 2.45) is 0 Å². The minimum atomic E-state index is 0.0576. The van der Waals surface area contributed by atoms with Crippen molar-refractivity contribution in [3.05, 3.63) is 38.4 Å². The Morgan fingerprint density at radius 3 is 2.75 bits per heavy atom. The number of rotatable bonds is 1. The van der Waals surface area contributed by atoms with Gasteiger partial charge in [-0.05, 0) is 31.2 Å². The largest absolute Gasteiger partial charge is 0.383 e. The van der Waals surface area contributed by atoms with Crippen LogP contribution in [0.2, 0.25) is 0 Å². The van der Waals surface area contributed by atoms with Gasteiger partial charge >= 0.3 is 0 Å². The highest BCUT2D eigenvalue weighted by molar-refractivity contribution is 7.20. The summed E-state index contributed by atoms with van der Waals surface area (Å²) in [7, 11) is 3.84. The van der Waals surface area contributed by atoms with Crippen molar-refractivity contribution in [2.45, 2.75) is 45.1 Å². The summed E-state index contributed by atoms with van der Waals surface area (Å²) in [5, 5.41) is 0.693. The summed E-state index contributed by atoms with van der Waals surface area (Å²) in [6, 6.07) is 0. The van der Waals surface area contributed by atoms with Gasteiger partial charge in [-0.2, -0.15) is 0 Å². The van der Waals surface area contributed by atoms with E-state index in [4.69, 9.17) is 4.98 Å². The number of allylic oxidation sites excluding steroid dienone is 1. The lowest BCUT2D eigenvalue weighted by Gasteiger charge is -2.16. The fourth-order valence-corrected chi connectivity index (χ4v) is 4.92. The van der Waals surface area contributed by atoms with Crippen molar-refractivity contribution < 1.29 is 4.79 Å². The number of thiophene rings is 1. The molecule has 0 unspecified atom stereocenters. The first-order chi connectivity index (χ1) is 11.6. The minimum Gasteiger partial charge on any atom is -0.383 e. The van der Waals surface area contributed by atoms with Crippen LogP contribution in [0.15, 0.2) is 16.6 Å². The van der Waals surface area contributed by atoms with Gasteiger partial charge in [0.2, 0.25) is 5.78 Å². The van der Waals surface area contributed by atoms with Crippen molar-refractivity contribution in [3.8, 4) is 0 Å². The van der Waals surface area contributed by atoms with E-state index in [1.165, 1.54) is 11.3 Å². The number of aromatic nitrogens is 2. The number of Topliss-reactive ketones (excluding diaryl/α,β-unsaturated/α-hetero) is 1. The van der Waals surface area contributed by atoms with Crippen molar-refractivity contribution in [1.29, 1.82) is 0 Å². The predicted molar refractivity (Wildman–Crippen MR) is 95.9 cm³/mol. The average Bonchev–Trinajstić information content (AvgIpc) is 2.74. The highest BCUT2D eigenvalue weighted by atomic mass is 32.1. The van der Waals surface area contributed by atoms with Crippen LogP contribution >= 0.6 is 11.3 Å². The highest BCUT2D eigenvalue weighted by Crippen LogP contribution is 2.36. The first-order valence-corrected chi connectivity index (χ1v) is 9.35. The van der Waals surface area contributed by atoms with Crippen LogP contribution in [0.3, 0.4) is 0 Å². The predicted octanol–water partition coefficient (Wildman–Crippen LogP) is 2.76. The van der Waals surface area contributed by atoms with Gasteiger partial charge < -0.3 is 4.90 Å². The lowest BCUT2D eigenvalue weighted by atomic mass is 9.92. The molecule has 126 valence electrons. The van der Waals surface area contributed by atoms with Gasteiger partial charge in [0.1, 0.15) is 10.7 Å². The molecule has 2 aromatic rings. The summed E-state index contributed by atoms with van der Waals surface area (Å²) in [4.78, 5) is 33.9. The molecule has 0 atom stereocenters.